The lowest BCUT2D eigenvalue weighted by molar-refractivity contribution is -0.168. The van der Waals surface area contributed by atoms with E-state index in [4.69, 9.17) is 66.7 Å². The summed E-state index contributed by atoms with van der Waals surface area (Å²) >= 11 is 0. The van der Waals surface area contributed by atoms with E-state index in [1.165, 1.54) is 57.0 Å². The zero-order valence-corrected chi connectivity index (χ0v) is 53.3. The van der Waals surface area contributed by atoms with E-state index in [-0.39, 0.29) is 60.2 Å². The molecule has 14 atom stereocenters. The molecule has 3 saturated heterocycles. The van der Waals surface area contributed by atoms with Gasteiger partial charge in [-0.1, -0.05) is 64.1 Å². The second-order valence-electron chi connectivity index (χ2n) is 22.8. The van der Waals surface area contributed by atoms with Crippen LogP contribution in [0.4, 0.5) is 16.4 Å². The first kappa shape index (κ1) is 66.7. The van der Waals surface area contributed by atoms with E-state index in [1.54, 1.807) is 108 Å². The lowest BCUT2D eigenvalue weighted by Crippen LogP contribution is -2.44. The molecule has 3 fully saturated rings. The molecule has 0 radical (unpaired) electrons. The molecule has 14 unspecified atom stereocenters. The van der Waals surface area contributed by atoms with Gasteiger partial charge >= 0.3 is 45.5 Å². The van der Waals surface area contributed by atoms with Gasteiger partial charge in [0, 0.05) is 37.9 Å². The highest BCUT2D eigenvalue weighted by molar-refractivity contribution is 7.52. The molecule has 4 aliphatic heterocycles. The molecule has 3 aromatic heterocycles. The molecule has 0 amide bonds. The van der Waals surface area contributed by atoms with Crippen LogP contribution in [0.1, 0.15) is 119 Å². The zero-order chi connectivity index (χ0) is 64.8. The fourth-order valence-corrected chi connectivity index (χ4v) is 13.7. The van der Waals surface area contributed by atoms with Crippen molar-refractivity contribution >= 4 is 80.3 Å². The van der Waals surface area contributed by atoms with Crippen molar-refractivity contribution in [3.63, 3.8) is 0 Å². The maximum absolute atomic E-state index is 15.2. The minimum absolute atomic E-state index is 0.0166. The predicted molar refractivity (Wildman–Crippen MR) is 320 cm³/mol. The zero-order valence-electron chi connectivity index (χ0n) is 51.6. The summed E-state index contributed by atoms with van der Waals surface area (Å²) in [6, 6.07) is 13.7. The van der Waals surface area contributed by atoms with Gasteiger partial charge in [0.2, 0.25) is 0 Å². The molecule has 486 valence electrons. The molecule has 9 rings (SSSR count). The van der Waals surface area contributed by atoms with E-state index < -0.39 is 130 Å². The minimum atomic E-state index is -4.68. The molecular weight excluding hydrogens is 1220 g/mol. The summed E-state index contributed by atoms with van der Waals surface area (Å²) in [4.78, 5) is 93.4. The van der Waals surface area contributed by atoms with Gasteiger partial charge in [-0.3, -0.25) is 42.4 Å². The number of carbonyl (C=O) groups excluding carboxylic acids is 5. The van der Waals surface area contributed by atoms with Crippen LogP contribution in [0.15, 0.2) is 83.3 Å². The molecular formula is C58H75N11O19P2. The monoisotopic (exact) mass is 1290 g/mol. The van der Waals surface area contributed by atoms with Crippen LogP contribution in [0.5, 0.6) is 11.5 Å². The van der Waals surface area contributed by atoms with Crippen LogP contribution in [-0.2, 0) is 81.7 Å². The SMILES string of the molecule is CCC(=O)OC1C(C(C)OP(=O)(NC(C)C(=O)OCC(C)(C)Cc2nc(N)c3ncn(C4OC(C(C)OP(=O)(NC(C)C(=O)OC(C)C)Oc5ccccc5)C5OC(=O)OC54)c3n2)Oc2ccccc2)OC(n2cnc3c2N=CCCC3=NC)C1OC(=O)CC. The number of para-hydroxylation sites is 2. The molecule has 0 saturated carbocycles. The predicted octanol–water partition coefficient (Wildman–Crippen LogP) is 7.77. The highest BCUT2D eigenvalue weighted by Crippen LogP contribution is 2.51. The molecule has 32 heteroatoms. The Balaban J connectivity index is 0.901. The summed E-state index contributed by atoms with van der Waals surface area (Å²) in [5, 5.41) is 5.37. The summed E-state index contributed by atoms with van der Waals surface area (Å²) in [6.07, 6.45) is -7.88. The standard InChI is InChI=1S/C58H75N11O19P2/c1-12-40(70)79-46-44(81-53(48(46)80-41(71)13-2)68-29-62-42-38(60-11)25-20-26-61-51(42)68)34(7)85-89(75,87-36-21-16-14-17-22-36)66-32(5)55(72)77-28-58(9,10)27-39-64-50(59)43-52(65-39)69(30-63-43)54-49-47(83-57(74)84-49)45(82-54)35(8)86-90(76,88-37-23-18-15-19-24-37)67-33(6)56(73)78-31(3)4/h14-19,21-24,26,29-35,44-49,53-54H,12-13,20,25,27-28H2,1-11H3,(H,66,75)(H,67,76)(H2,59,64,65). The maximum Gasteiger partial charge on any atom is 0.509 e. The van der Waals surface area contributed by atoms with Crippen LogP contribution in [0.3, 0.4) is 0 Å². The molecule has 90 heavy (non-hydrogen) atoms. The third kappa shape index (κ3) is 15.5. The number of carbonyl (C=O) groups is 5. The second kappa shape index (κ2) is 28.2. The number of nitrogens with zero attached hydrogens (tertiary/aromatic N) is 8. The highest BCUT2D eigenvalue weighted by Gasteiger charge is 2.59. The number of aliphatic imine (C=N–C) groups is 2. The Kier molecular flexibility index (Phi) is 20.9. The first-order chi connectivity index (χ1) is 42.8. The number of fused-ring (bicyclic) bond motifs is 3. The van der Waals surface area contributed by atoms with Crippen molar-refractivity contribution in [1.29, 1.82) is 0 Å². The van der Waals surface area contributed by atoms with Gasteiger partial charge in [0.15, 0.2) is 54.2 Å². The van der Waals surface area contributed by atoms with Crippen LogP contribution < -0.4 is 25.0 Å². The summed E-state index contributed by atoms with van der Waals surface area (Å²) in [5.41, 5.74) is 7.11. The van der Waals surface area contributed by atoms with Crippen molar-refractivity contribution in [3.8, 4) is 11.5 Å². The Bertz CT molecular complexity index is 3570. The summed E-state index contributed by atoms with van der Waals surface area (Å²) in [6.45, 7) is 15.7. The van der Waals surface area contributed by atoms with E-state index in [1.807, 2.05) is 0 Å². The smallest absolute Gasteiger partial charge is 0.464 e. The number of anilines is 1. The molecule has 0 aliphatic carbocycles. The maximum atomic E-state index is 15.2. The van der Waals surface area contributed by atoms with Crippen molar-refractivity contribution in [2.45, 2.75) is 181 Å². The quantitative estimate of drug-likeness (QED) is 0.0257. The number of aromatic nitrogens is 6. The van der Waals surface area contributed by atoms with Crippen LogP contribution in [-0.4, -0.2) is 152 Å². The number of nitrogen functional groups attached to an aromatic ring is 1. The normalized spacial score (nSPS) is 24.5. The highest BCUT2D eigenvalue weighted by atomic mass is 31.2. The van der Waals surface area contributed by atoms with Crippen molar-refractivity contribution < 1.29 is 89.1 Å². The topological polar surface area (TPSA) is 366 Å². The molecule has 4 aliphatic rings. The summed E-state index contributed by atoms with van der Waals surface area (Å²) in [5.74, 6) is -2.06. The number of rotatable bonds is 27. The van der Waals surface area contributed by atoms with Crippen molar-refractivity contribution in [2.75, 3.05) is 19.4 Å². The lowest BCUT2D eigenvalue weighted by Gasteiger charge is -2.30. The molecule has 5 aromatic rings. The summed E-state index contributed by atoms with van der Waals surface area (Å²) < 4.78 is 105. The molecule has 7 heterocycles. The Hall–Kier alpha value is -7.69. The second-order valence-corrected chi connectivity index (χ2v) is 26.1. The van der Waals surface area contributed by atoms with Crippen molar-refractivity contribution in [2.24, 2.45) is 15.4 Å². The molecule has 2 aromatic carbocycles. The van der Waals surface area contributed by atoms with Gasteiger partial charge in [-0.15, -0.1) is 0 Å². The Morgan fingerprint density at radius 3 is 1.92 bits per heavy atom. The Labute approximate surface area is 518 Å². The van der Waals surface area contributed by atoms with E-state index in [2.05, 4.69) is 35.1 Å². The Morgan fingerprint density at radius 2 is 1.32 bits per heavy atom. The average molecular weight is 1290 g/mol. The number of hydrogen-bond donors (Lipinski definition) is 3. The van der Waals surface area contributed by atoms with E-state index >= 15 is 4.57 Å². The number of imidazole rings is 2. The van der Waals surface area contributed by atoms with Gasteiger partial charge < -0.3 is 52.7 Å². The fraction of sp³-hybridized carbons (Fsp3) is 0.534. The average Bonchev–Trinajstić information content (AvgIpc) is 1.60. The van der Waals surface area contributed by atoms with E-state index in [0.29, 0.717) is 30.1 Å². The molecule has 30 nitrogen and oxygen atoms in total. The van der Waals surface area contributed by atoms with Gasteiger partial charge in [0.25, 0.3) is 0 Å². The van der Waals surface area contributed by atoms with E-state index in [0.717, 1.165) is 0 Å². The third-order valence-electron chi connectivity index (χ3n) is 14.6. The minimum Gasteiger partial charge on any atom is -0.464 e. The van der Waals surface area contributed by atoms with Crippen molar-refractivity contribution in [3.05, 3.63) is 84.8 Å². The van der Waals surface area contributed by atoms with E-state index in [9.17, 15) is 28.5 Å². The number of hydrogen-bond acceptors (Lipinski definition) is 26. The van der Waals surface area contributed by atoms with Gasteiger partial charge in [-0.2, -0.15) is 10.2 Å². The fourth-order valence-electron chi connectivity index (χ4n) is 10.3. The van der Waals surface area contributed by atoms with Gasteiger partial charge in [-0.25, -0.2) is 38.9 Å². The van der Waals surface area contributed by atoms with Gasteiger partial charge in [0.1, 0.15) is 52.8 Å². The van der Waals surface area contributed by atoms with Gasteiger partial charge in [-0.05, 0) is 78.6 Å². The van der Waals surface area contributed by atoms with Crippen molar-refractivity contribution in [1.82, 2.24) is 39.2 Å². The number of nitrogens with two attached hydrogens (primary N) is 1. The molecule has 0 bridgehead atoms. The number of benzene rings is 2. The first-order valence-electron chi connectivity index (χ1n) is 29.4. The third-order valence-corrected chi connectivity index (χ3v) is 18.1. The van der Waals surface area contributed by atoms with Crippen LogP contribution in [0.2, 0.25) is 0 Å². The first-order valence-corrected chi connectivity index (χ1v) is 32.5. The summed E-state index contributed by atoms with van der Waals surface area (Å²) in [7, 11) is -7.48. The largest absolute Gasteiger partial charge is 0.509 e. The number of ether oxygens (including phenoxy) is 8. The molecule has 0 spiro atoms. The van der Waals surface area contributed by atoms with Crippen LogP contribution >= 0.6 is 15.5 Å². The molecule has 4 N–H and O–H groups in total. The lowest BCUT2D eigenvalue weighted by atomic mass is 9.90. The van der Waals surface area contributed by atoms with Gasteiger partial charge in [0.05, 0.1) is 43.3 Å². The number of esters is 4. The van der Waals surface area contributed by atoms with Crippen LogP contribution in [0.25, 0.3) is 11.2 Å². The van der Waals surface area contributed by atoms with Crippen LogP contribution in [0, 0.1) is 5.41 Å². The number of nitrogens with one attached hydrogen (secondary N) is 2. The Morgan fingerprint density at radius 1 is 0.756 bits per heavy atom.